The van der Waals surface area contributed by atoms with Crippen molar-refractivity contribution in [1.29, 1.82) is 0 Å². The van der Waals surface area contributed by atoms with Crippen molar-refractivity contribution in [3.05, 3.63) is 29.8 Å². The second-order valence-electron chi connectivity index (χ2n) is 3.42. The Morgan fingerprint density at radius 2 is 1.62 bits per heavy atom. The van der Waals surface area contributed by atoms with E-state index in [1.165, 1.54) is 11.0 Å². The summed E-state index contributed by atoms with van der Waals surface area (Å²) < 4.78 is 0. The van der Waals surface area contributed by atoms with Crippen LogP contribution in [0, 0.1) is 5.92 Å². The average Bonchev–Trinajstić information content (AvgIpc) is 2.17. The van der Waals surface area contributed by atoms with E-state index < -0.39 is 0 Å². The van der Waals surface area contributed by atoms with Crippen LogP contribution in [-0.2, 0) is 6.42 Å². The predicted molar refractivity (Wildman–Crippen MR) is 56.0 cm³/mol. The van der Waals surface area contributed by atoms with E-state index in [-0.39, 0.29) is 19.1 Å². The lowest BCUT2D eigenvalue weighted by Gasteiger charge is -2.10. The molecule has 0 radical (unpaired) electrons. The van der Waals surface area contributed by atoms with Gasteiger partial charge in [0, 0.05) is 19.1 Å². The SMILES string of the molecule is Bc1ccc(CC(CO)CO)cc1. The maximum atomic E-state index is 8.88. The van der Waals surface area contributed by atoms with E-state index in [0.29, 0.717) is 0 Å². The highest BCUT2D eigenvalue weighted by atomic mass is 16.3. The number of aliphatic hydroxyl groups excluding tert-OH is 2. The summed E-state index contributed by atoms with van der Waals surface area (Å²) in [4.78, 5) is 0. The Labute approximate surface area is 79.6 Å². The van der Waals surface area contributed by atoms with Gasteiger partial charge in [0.15, 0.2) is 0 Å². The molecule has 2 N–H and O–H groups in total. The Bertz CT molecular complexity index is 242. The van der Waals surface area contributed by atoms with Gasteiger partial charge in [0.1, 0.15) is 7.85 Å². The molecule has 0 spiro atoms. The zero-order valence-corrected chi connectivity index (χ0v) is 7.90. The van der Waals surface area contributed by atoms with Crippen LogP contribution in [0.1, 0.15) is 5.56 Å². The molecule has 0 unspecified atom stereocenters. The monoisotopic (exact) mass is 178 g/mol. The fraction of sp³-hybridized carbons (Fsp3) is 0.400. The van der Waals surface area contributed by atoms with Gasteiger partial charge in [-0.05, 0) is 12.0 Å². The molecule has 3 heteroatoms. The van der Waals surface area contributed by atoms with Gasteiger partial charge in [0.2, 0.25) is 0 Å². The van der Waals surface area contributed by atoms with Crippen LogP contribution in [0.15, 0.2) is 24.3 Å². The van der Waals surface area contributed by atoms with Gasteiger partial charge in [0.05, 0.1) is 0 Å². The zero-order valence-electron chi connectivity index (χ0n) is 7.90. The molecule has 0 heterocycles. The first-order valence-electron chi connectivity index (χ1n) is 4.53. The van der Waals surface area contributed by atoms with Crippen LogP contribution in [0.3, 0.4) is 0 Å². The fourth-order valence-corrected chi connectivity index (χ4v) is 1.24. The van der Waals surface area contributed by atoms with Gasteiger partial charge in [-0.1, -0.05) is 29.7 Å². The van der Waals surface area contributed by atoms with Crippen LogP contribution in [0.2, 0.25) is 0 Å². The Hall–Kier alpha value is -0.795. The summed E-state index contributed by atoms with van der Waals surface area (Å²) in [6, 6.07) is 8.16. The molecule has 0 saturated carbocycles. The molecule has 0 amide bonds. The van der Waals surface area contributed by atoms with E-state index in [1.807, 2.05) is 32.1 Å². The quantitative estimate of drug-likeness (QED) is 0.586. The molecule has 70 valence electrons. The summed E-state index contributed by atoms with van der Waals surface area (Å²) in [6.45, 7) is 0.0920. The molecule has 0 aliphatic heterocycles. The second-order valence-corrected chi connectivity index (χ2v) is 3.42. The summed E-state index contributed by atoms with van der Waals surface area (Å²) in [6.07, 6.45) is 0.743. The Balaban J connectivity index is 2.58. The van der Waals surface area contributed by atoms with E-state index in [1.54, 1.807) is 0 Å². The van der Waals surface area contributed by atoms with E-state index >= 15 is 0 Å². The number of hydrogen-bond acceptors (Lipinski definition) is 2. The van der Waals surface area contributed by atoms with Gasteiger partial charge in [-0.3, -0.25) is 0 Å². The molecule has 0 aromatic heterocycles. The Morgan fingerprint density at radius 1 is 1.08 bits per heavy atom. The minimum atomic E-state index is -0.0253. The number of rotatable bonds is 4. The average molecular weight is 178 g/mol. The van der Waals surface area contributed by atoms with E-state index in [9.17, 15) is 0 Å². The minimum absolute atomic E-state index is 0.0253. The Kier molecular flexibility index (Phi) is 3.99. The smallest absolute Gasteiger partial charge is 0.139 e. The lowest BCUT2D eigenvalue weighted by Crippen LogP contribution is -2.14. The third-order valence-electron chi connectivity index (χ3n) is 2.16. The topological polar surface area (TPSA) is 40.5 Å². The minimum Gasteiger partial charge on any atom is -0.396 e. The molecular formula is C10H15BO2. The first kappa shape index (κ1) is 10.3. The van der Waals surface area contributed by atoms with Gasteiger partial charge in [-0.15, -0.1) is 0 Å². The standard InChI is InChI=1S/C10H15BO2/c11-10-3-1-8(2-4-10)5-9(6-12)7-13/h1-4,9,12-13H,5-7,11H2. The van der Waals surface area contributed by atoms with Crippen molar-refractivity contribution in [2.45, 2.75) is 6.42 Å². The van der Waals surface area contributed by atoms with Gasteiger partial charge in [-0.2, -0.15) is 0 Å². The molecule has 1 rings (SSSR count). The molecule has 0 aliphatic carbocycles. The predicted octanol–water partition coefficient (Wildman–Crippen LogP) is -0.912. The summed E-state index contributed by atoms with van der Waals surface area (Å²) in [7, 11) is 2.04. The molecule has 13 heavy (non-hydrogen) atoms. The van der Waals surface area contributed by atoms with Crippen LogP contribution in [0.4, 0.5) is 0 Å². The van der Waals surface area contributed by atoms with Crippen LogP contribution in [-0.4, -0.2) is 31.3 Å². The molecule has 1 aromatic carbocycles. The van der Waals surface area contributed by atoms with Gasteiger partial charge in [-0.25, -0.2) is 0 Å². The number of hydrogen-bond donors (Lipinski definition) is 2. The van der Waals surface area contributed by atoms with Crippen molar-refractivity contribution >= 4 is 13.3 Å². The van der Waals surface area contributed by atoms with Crippen molar-refractivity contribution < 1.29 is 10.2 Å². The summed E-state index contributed by atoms with van der Waals surface area (Å²) in [5.74, 6) is -0.0253. The first-order chi connectivity index (χ1) is 6.26. The van der Waals surface area contributed by atoms with Gasteiger partial charge < -0.3 is 10.2 Å². The van der Waals surface area contributed by atoms with E-state index in [2.05, 4.69) is 0 Å². The van der Waals surface area contributed by atoms with Crippen molar-refractivity contribution in [1.82, 2.24) is 0 Å². The van der Waals surface area contributed by atoms with Crippen molar-refractivity contribution in [2.75, 3.05) is 13.2 Å². The third-order valence-corrected chi connectivity index (χ3v) is 2.16. The highest BCUT2D eigenvalue weighted by Crippen LogP contribution is 2.06. The summed E-state index contributed by atoms with van der Waals surface area (Å²) >= 11 is 0. The first-order valence-corrected chi connectivity index (χ1v) is 4.53. The van der Waals surface area contributed by atoms with Crippen LogP contribution in [0.25, 0.3) is 0 Å². The van der Waals surface area contributed by atoms with Gasteiger partial charge >= 0.3 is 0 Å². The third kappa shape index (κ3) is 3.21. The second kappa shape index (κ2) is 5.05. The molecule has 0 bridgehead atoms. The summed E-state index contributed by atoms with van der Waals surface area (Å²) in [5, 5.41) is 17.8. The Morgan fingerprint density at radius 3 is 2.08 bits per heavy atom. The lowest BCUT2D eigenvalue weighted by atomic mass is 9.93. The maximum Gasteiger partial charge on any atom is 0.139 e. The number of aliphatic hydroxyl groups is 2. The fourth-order valence-electron chi connectivity index (χ4n) is 1.24. The largest absolute Gasteiger partial charge is 0.396 e. The van der Waals surface area contributed by atoms with Crippen LogP contribution in [0.5, 0.6) is 0 Å². The number of benzene rings is 1. The van der Waals surface area contributed by atoms with Crippen molar-refractivity contribution in [2.24, 2.45) is 5.92 Å². The van der Waals surface area contributed by atoms with Crippen molar-refractivity contribution in [3.8, 4) is 0 Å². The van der Waals surface area contributed by atoms with Crippen LogP contribution < -0.4 is 5.46 Å². The lowest BCUT2D eigenvalue weighted by molar-refractivity contribution is 0.150. The normalized spacial score (nSPS) is 10.7. The molecule has 2 nitrogen and oxygen atoms in total. The van der Waals surface area contributed by atoms with E-state index in [4.69, 9.17) is 10.2 Å². The maximum absolute atomic E-state index is 8.88. The highest BCUT2D eigenvalue weighted by Gasteiger charge is 2.06. The molecule has 0 saturated heterocycles. The zero-order chi connectivity index (χ0) is 9.68. The highest BCUT2D eigenvalue weighted by molar-refractivity contribution is 6.32. The molecule has 0 aliphatic rings. The van der Waals surface area contributed by atoms with Crippen molar-refractivity contribution in [3.63, 3.8) is 0 Å². The molecule has 0 atom stereocenters. The van der Waals surface area contributed by atoms with Crippen LogP contribution >= 0.6 is 0 Å². The molecule has 0 fully saturated rings. The summed E-state index contributed by atoms with van der Waals surface area (Å²) in [5.41, 5.74) is 2.40. The molecule has 1 aromatic rings. The van der Waals surface area contributed by atoms with E-state index in [0.717, 1.165) is 6.42 Å². The van der Waals surface area contributed by atoms with Gasteiger partial charge in [0.25, 0.3) is 0 Å². The molecular weight excluding hydrogens is 163 g/mol.